The summed E-state index contributed by atoms with van der Waals surface area (Å²) in [6.45, 7) is 8.64. The molecule has 0 saturated heterocycles. The second-order valence-corrected chi connectivity index (χ2v) is 5.56. The molecule has 0 N–H and O–H groups in total. The van der Waals surface area contributed by atoms with Gasteiger partial charge in [-0.15, -0.1) is 0 Å². The summed E-state index contributed by atoms with van der Waals surface area (Å²) < 4.78 is 0.0819. The fourth-order valence-corrected chi connectivity index (χ4v) is 1.64. The summed E-state index contributed by atoms with van der Waals surface area (Å²) in [6, 6.07) is 6.47. The lowest BCUT2D eigenvalue weighted by Crippen LogP contribution is -2.15. The van der Waals surface area contributed by atoms with Crippen molar-refractivity contribution in [2.24, 2.45) is 0 Å². The van der Waals surface area contributed by atoms with E-state index in [9.17, 15) is 0 Å². The first kappa shape index (κ1) is 10.6. The van der Waals surface area contributed by atoms with Gasteiger partial charge in [0, 0.05) is 4.75 Å². The summed E-state index contributed by atoms with van der Waals surface area (Å²) >= 11 is 4.55. The molecule has 0 heterocycles. The number of aryl methyl sites for hydroxylation is 1. The highest BCUT2D eigenvalue weighted by atomic mass is 32.1. The molecule has 0 fully saturated rings. The molecule has 0 aromatic heterocycles. The fraction of sp³-hybridized carbons (Fsp3) is 0.500. The molecule has 0 saturated carbocycles. The van der Waals surface area contributed by atoms with E-state index >= 15 is 0 Å². The zero-order chi connectivity index (χ0) is 10.1. The Bertz CT molecular complexity index is 294. The van der Waals surface area contributed by atoms with Crippen LogP contribution in [0.15, 0.2) is 18.2 Å². The molecule has 0 radical (unpaired) electrons. The minimum absolute atomic E-state index is 0.0819. The van der Waals surface area contributed by atoms with Crippen LogP contribution in [0, 0.1) is 13.8 Å². The Morgan fingerprint density at radius 3 is 2.38 bits per heavy atom. The maximum absolute atomic E-state index is 4.55. The molecule has 1 aromatic carbocycles. The molecule has 1 rings (SSSR count). The molecular formula is C12H18S. The molecule has 0 atom stereocenters. The molecule has 0 amide bonds. The van der Waals surface area contributed by atoms with Crippen molar-refractivity contribution in [3.05, 3.63) is 34.9 Å². The van der Waals surface area contributed by atoms with E-state index in [2.05, 4.69) is 58.5 Å². The molecule has 13 heavy (non-hydrogen) atoms. The third-order valence-corrected chi connectivity index (χ3v) is 2.50. The molecule has 0 unspecified atom stereocenters. The first-order valence-corrected chi connectivity index (χ1v) is 5.12. The molecule has 0 aliphatic rings. The Hall–Kier alpha value is -0.430. The van der Waals surface area contributed by atoms with Crippen LogP contribution in [-0.4, -0.2) is 4.75 Å². The van der Waals surface area contributed by atoms with Crippen molar-refractivity contribution in [2.45, 2.75) is 38.9 Å². The smallest absolute Gasteiger partial charge is 0.0114 e. The summed E-state index contributed by atoms with van der Waals surface area (Å²) in [5, 5.41) is 0. The summed E-state index contributed by atoms with van der Waals surface area (Å²) in [4.78, 5) is 0. The van der Waals surface area contributed by atoms with Crippen LogP contribution in [0.4, 0.5) is 0 Å². The van der Waals surface area contributed by atoms with E-state index in [4.69, 9.17) is 0 Å². The van der Waals surface area contributed by atoms with E-state index in [1.807, 2.05) is 0 Å². The Kier molecular flexibility index (Phi) is 3.07. The van der Waals surface area contributed by atoms with E-state index < -0.39 is 0 Å². The monoisotopic (exact) mass is 194 g/mol. The van der Waals surface area contributed by atoms with Crippen molar-refractivity contribution >= 4 is 12.6 Å². The fourth-order valence-electron chi connectivity index (χ4n) is 1.47. The average molecular weight is 194 g/mol. The van der Waals surface area contributed by atoms with Gasteiger partial charge in [-0.05, 0) is 37.0 Å². The molecule has 0 nitrogen and oxygen atoms in total. The van der Waals surface area contributed by atoms with Gasteiger partial charge >= 0.3 is 0 Å². The number of benzene rings is 1. The van der Waals surface area contributed by atoms with Crippen LogP contribution < -0.4 is 0 Å². The molecule has 0 spiro atoms. The molecule has 0 bridgehead atoms. The molecule has 0 aliphatic heterocycles. The predicted molar refractivity (Wildman–Crippen MR) is 62.7 cm³/mol. The van der Waals surface area contributed by atoms with Crippen molar-refractivity contribution < 1.29 is 0 Å². The molecule has 0 aliphatic carbocycles. The molecule has 1 aromatic rings. The lowest BCUT2D eigenvalue weighted by Gasteiger charge is -2.19. The zero-order valence-corrected chi connectivity index (χ0v) is 9.78. The normalized spacial score (nSPS) is 11.8. The van der Waals surface area contributed by atoms with Crippen LogP contribution in [0.2, 0.25) is 0 Å². The largest absolute Gasteiger partial charge is 0.173 e. The second kappa shape index (κ2) is 3.75. The number of thiol groups is 1. The van der Waals surface area contributed by atoms with Gasteiger partial charge in [-0.25, -0.2) is 0 Å². The van der Waals surface area contributed by atoms with Gasteiger partial charge < -0.3 is 0 Å². The maximum Gasteiger partial charge on any atom is 0.0114 e. The van der Waals surface area contributed by atoms with Gasteiger partial charge in [0.15, 0.2) is 0 Å². The quantitative estimate of drug-likeness (QED) is 0.684. The topological polar surface area (TPSA) is 0 Å². The van der Waals surface area contributed by atoms with Gasteiger partial charge in [-0.1, -0.05) is 32.0 Å². The lowest BCUT2D eigenvalue weighted by molar-refractivity contribution is 0.711. The highest BCUT2D eigenvalue weighted by molar-refractivity contribution is 7.81. The van der Waals surface area contributed by atoms with Crippen molar-refractivity contribution in [1.82, 2.24) is 0 Å². The Morgan fingerprint density at radius 1 is 1.23 bits per heavy atom. The molecule has 1 heteroatoms. The first-order valence-electron chi connectivity index (χ1n) is 4.67. The van der Waals surface area contributed by atoms with Crippen molar-refractivity contribution in [3.63, 3.8) is 0 Å². The number of hydrogen-bond donors (Lipinski definition) is 1. The van der Waals surface area contributed by atoms with E-state index in [1.54, 1.807) is 0 Å². The van der Waals surface area contributed by atoms with Crippen LogP contribution in [-0.2, 0) is 6.42 Å². The van der Waals surface area contributed by atoms with E-state index in [0.717, 1.165) is 6.42 Å². The highest BCUT2D eigenvalue weighted by Gasteiger charge is 2.13. The summed E-state index contributed by atoms with van der Waals surface area (Å²) in [6.07, 6.45) is 1.03. The minimum atomic E-state index is 0.0819. The summed E-state index contributed by atoms with van der Waals surface area (Å²) in [5.41, 5.74) is 4.19. The van der Waals surface area contributed by atoms with Gasteiger partial charge in [0.1, 0.15) is 0 Å². The Balaban J connectivity index is 2.96. The second-order valence-electron chi connectivity index (χ2n) is 4.35. The van der Waals surface area contributed by atoms with Crippen LogP contribution in [0.1, 0.15) is 30.5 Å². The van der Waals surface area contributed by atoms with E-state index in [0.29, 0.717) is 0 Å². The highest BCUT2D eigenvalue weighted by Crippen LogP contribution is 2.22. The predicted octanol–water partition coefficient (Wildman–Crippen LogP) is 3.55. The lowest BCUT2D eigenvalue weighted by atomic mass is 9.95. The van der Waals surface area contributed by atoms with E-state index in [-0.39, 0.29) is 4.75 Å². The van der Waals surface area contributed by atoms with Gasteiger partial charge in [0.05, 0.1) is 0 Å². The van der Waals surface area contributed by atoms with Crippen molar-refractivity contribution in [2.75, 3.05) is 0 Å². The number of hydrogen-bond acceptors (Lipinski definition) is 1. The standard InChI is InChI=1S/C12H18S/c1-9-6-5-7-11(10(9)2)8-12(3,4)13/h5-7,13H,8H2,1-4H3. The van der Waals surface area contributed by atoms with Crippen LogP contribution >= 0.6 is 12.6 Å². The van der Waals surface area contributed by atoms with Gasteiger partial charge in [-0.3, -0.25) is 0 Å². The average Bonchev–Trinajstić information content (AvgIpc) is 1.96. The first-order chi connectivity index (χ1) is 5.90. The SMILES string of the molecule is Cc1cccc(CC(C)(C)S)c1C. The molecular weight excluding hydrogens is 176 g/mol. The summed E-state index contributed by atoms with van der Waals surface area (Å²) in [7, 11) is 0. The summed E-state index contributed by atoms with van der Waals surface area (Å²) in [5.74, 6) is 0. The maximum atomic E-state index is 4.55. The van der Waals surface area contributed by atoms with Crippen LogP contribution in [0.3, 0.4) is 0 Å². The Morgan fingerprint density at radius 2 is 1.85 bits per heavy atom. The minimum Gasteiger partial charge on any atom is -0.173 e. The third-order valence-electron chi connectivity index (χ3n) is 2.34. The van der Waals surface area contributed by atoms with Gasteiger partial charge in [-0.2, -0.15) is 12.6 Å². The number of rotatable bonds is 2. The van der Waals surface area contributed by atoms with Crippen LogP contribution in [0.5, 0.6) is 0 Å². The van der Waals surface area contributed by atoms with Crippen molar-refractivity contribution in [1.29, 1.82) is 0 Å². The van der Waals surface area contributed by atoms with Gasteiger partial charge in [0.25, 0.3) is 0 Å². The van der Waals surface area contributed by atoms with Crippen molar-refractivity contribution in [3.8, 4) is 0 Å². The van der Waals surface area contributed by atoms with E-state index in [1.165, 1.54) is 16.7 Å². The zero-order valence-electron chi connectivity index (χ0n) is 8.89. The third kappa shape index (κ3) is 3.07. The Labute approximate surface area is 86.8 Å². The van der Waals surface area contributed by atoms with Gasteiger partial charge in [0.2, 0.25) is 0 Å². The van der Waals surface area contributed by atoms with Crippen LogP contribution in [0.25, 0.3) is 0 Å². The molecule has 72 valence electrons.